The van der Waals surface area contributed by atoms with Crippen LogP contribution in [0.25, 0.3) is 22.3 Å². The highest BCUT2D eigenvalue weighted by atomic mass is 35.5. The molecule has 0 saturated carbocycles. The second kappa shape index (κ2) is 7.59. The molecular weight excluding hydrogens is 342 g/mol. The Morgan fingerprint density at radius 3 is 2.44 bits per heavy atom. The quantitative estimate of drug-likeness (QED) is 0.497. The summed E-state index contributed by atoms with van der Waals surface area (Å²) in [5.74, 6) is 0.119. The monoisotopic (exact) mass is 361 g/mol. The predicted octanol–water partition coefficient (Wildman–Crippen LogP) is -0.238. The topological polar surface area (TPSA) is 64.1 Å². The lowest BCUT2D eigenvalue weighted by Crippen LogP contribution is -3.00. The molecule has 0 aliphatic heterocycles. The standard InChI is InChI=1S/C19H19NO4.ClH/c1-4-23-19(22)16-15-14(11-10-13(21)17(15)20(2)3)24-18(16)12-8-6-5-7-9-12;/h5-11,21H,4H2,1-3H3;1H. The number of hydrogen-bond acceptors (Lipinski definition) is 4. The summed E-state index contributed by atoms with van der Waals surface area (Å²) in [6, 6.07) is 12.7. The Morgan fingerprint density at radius 2 is 1.84 bits per heavy atom. The lowest BCUT2D eigenvalue weighted by Gasteiger charge is -2.10. The van der Waals surface area contributed by atoms with Crippen molar-refractivity contribution in [1.29, 1.82) is 0 Å². The maximum absolute atomic E-state index is 12.6. The number of benzene rings is 2. The number of nitrogens with one attached hydrogen (secondary N) is 1. The van der Waals surface area contributed by atoms with E-state index in [-0.39, 0.29) is 24.8 Å². The van der Waals surface area contributed by atoms with Crippen molar-refractivity contribution in [3.63, 3.8) is 0 Å². The molecule has 2 N–H and O–H groups in total. The normalized spacial score (nSPS) is 10.7. The van der Waals surface area contributed by atoms with Crippen molar-refractivity contribution in [3.8, 4) is 17.1 Å². The zero-order valence-electron chi connectivity index (χ0n) is 14.3. The minimum atomic E-state index is -0.455. The Morgan fingerprint density at radius 1 is 1.16 bits per heavy atom. The van der Waals surface area contributed by atoms with E-state index in [1.807, 2.05) is 44.4 Å². The van der Waals surface area contributed by atoms with Gasteiger partial charge in [-0.2, -0.15) is 0 Å². The van der Waals surface area contributed by atoms with Crippen LogP contribution in [-0.4, -0.2) is 31.8 Å². The molecule has 1 aromatic heterocycles. The molecule has 6 heteroatoms. The second-order valence-electron chi connectivity index (χ2n) is 5.73. The van der Waals surface area contributed by atoms with Gasteiger partial charge < -0.3 is 31.6 Å². The highest BCUT2D eigenvalue weighted by Gasteiger charge is 2.29. The summed E-state index contributed by atoms with van der Waals surface area (Å²) in [6.07, 6.45) is 0. The zero-order chi connectivity index (χ0) is 17.3. The number of furan rings is 1. The molecule has 0 unspecified atom stereocenters. The van der Waals surface area contributed by atoms with Gasteiger partial charge in [0, 0.05) is 5.56 Å². The summed E-state index contributed by atoms with van der Waals surface area (Å²) >= 11 is 0. The molecule has 3 aromatic rings. The van der Waals surface area contributed by atoms with E-state index in [2.05, 4.69) is 0 Å². The molecule has 0 amide bonds. The van der Waals surface area contributed by atoms with E-state index < -0.39 is 5.97 Å². The third kappa shape index (κ3) is 3.34. The number of ether oxygens (including phenoxy) is 1. The van der Waals surface area contributed by atoms with Crippen LogP contribution in [-0.2, 0) is 4.74 Å². The molecule has 25 heavy (non-hydrogen) atoms. The van der Waals surface area contributed by atoms with Gasteiger partial charge in [0.05, 0.1) is 20.7 Å². The van der Waals surface area contributed by atoms with Gasteiger partial charge in [-0.25, -0.2) is 4.79 Å². The van der Waals surface area contributed by atoms with Gasteiger partial charge in [-0.05, 0) is 19.1 Å². The van der Waals surface area contributed by atoms with E-state index >= 15 is 0 Å². The van der Waals surface area contributed by atoms with E-state index in [0.29, 0.717) is 28.0 Å². The van der Waals surface area contributed by atoms with Crippen LogP contribution >= 0.6 is 0 Å². The Hall–Kier alpha value is -2.50. The Balaban J connectivity index is 0.00000225. The van der Waals surface area contributed by atoms with Crippen LogP contribution in [0.2, 0.25) is 0 Å². The Bertz CT molecular complexity index is 887. The van der Waals surface area contributed by atoms with Crippen LogP contribution in [0.4, 0.5) is 5.69 Å². The van der Waals surface area contributed by atoms with E-state index in [9.17, 15) is 9.90 Å². The van der Waals surface area contributed by atoms with Gasteiger partial charge in [0.15, 0.2) is 11.4 Å². The van der Waals surface area contributed by atoms with Gasteiger partial charge in [-0.1, -0.05) is 30.3 Å². The maximum atomic E-state index is 12.6. The van der Waals surface area contributed by atoms with Crippen LogP contribution in [0.3, 0.4) is 0 Å². The van der Waals surface area contributed by atoms with Gasteiger partial charge in [0.25, 0.3) is 0 Å². The molecule has 2 aromatic carbocycles. The van der Waals surface area contributed by atoms with Gasteiger partial charge >= 0.3 is 5.97 Å². The zero-order valence-corrected chi connectivity index (χ0v) is 15.1. The number of aromatic hydroxyl groups is 1. The molecule has 0 fully saturated rings. The van der Waals surface area contributed by atoms with Crippen molar-refractivity contribution in [2.75, 3.05) is 20.7 Å². The van der Waals surface area contributed by atoms with Gasteiger partial charge in [-0.15, -0.1) is 0 Å². The third-order valence-corrected chi connectivity index (χ3v) is 3.85. The van der Waals surface area contributed by atoms with Gasteiger partial charge in [0.1, 0.15) is 22.3 Å². The van der Waals surface area contributed by atoms with Crippen molar-refractivity contribution in [1.82, 2.24) is 0 Å². The van der Waals surface area contributed by atoms with Crippen LogP contribution in [0.15, 0.2) is 46.9 Å². The smallest absolute Gasteiger partial charge is 0.342 e. The first kappa shape index (κ1) is 18.8. The molecule has 1 heterocycles. The molecule has 0 atom stereocenters. The van der Waals surface area contributed by atoms with Gasteiger partial charge in [-0.3, -0.25) is 0 Å². The Kier molecular flexibility index (Phi) is 5.72. The molecule has 0 spiro atoms. The highest BCUT2D eigenvalue weighted by molar-refractivity contribution is 6.12. The first-order valence-electron chi connectivity index (χ1n) is 7.86. The minimum absolute atomic E-state index is 0. The average molecular weight is 362 g/mol. The molecule has 0 bridgehead atoms. The van der Waals surface area contributed by atoms with E-state index in [1.165, 1.54) is 0 Å². The number of rotatable bonds is 4. The number of phenolic OH excluding ortho intramolecular Hbond substituents is 1. The number of fused-ring (bicyclic) bond motifs is 1. The van der Waals surface area contributed by atoms with Crippen LogP contribution < -0.4 is 17.3 Å². The molecule has 132 valence electrons. The first-order valence-corrected chi connectivity index (χ1v) is 7.86. The SMILES string of the molecule is CCOC(=O)c1c(-c2ccccc2)oc2ccc(O)c([NH+](C)C)c12.[Cl-]. The van der Waals surface area contributed by atoms with Crippen LogP contribution in [0, 0.1) is 0 Å². The van der Waals surface area contributed by atoms with Gasteiger partial charge in [0.2, 0.25) is 0 Å². The summed E-state index contributed by atoms with van der Waals surface area (Å²) in [5, 5.41) is 10.9. The number of hydrogen-bond donors (Lipinski definition) is 2. The van der Waals surface area contributed by atoms with Crippen molar-refractivity contribution in [2.24, 2.45) is 0 Å². The second-order valence-corrected chi connectivity index (χ2v) is 5.73. The first-order chi connectivity index (χ1) is 11.5. The average Bonchev–Trinajstić information content (AvgIpc) is 2.94. The minimum Gasteiger partial charge on any atom is -1.00 e. The van der Waals surface area contributed by atoms with Crippen molar-refractivity contribution >= 4 is 22.6 Å². The third-order valence-electron chi connectivity index (χ3n) is 3.85. The Labute approximate surface area is 152 Å². The molecule has 3 rings (SSSR count). The summed E-state index contributed by atoms with van der Waals surface area (Å²) in [7, 11) is 3.78. The summed E-state index contributed by atoms with van der Waals surface area (Å²) in [6.45, 7) is 2.03. The molecule has 0 radical (unpaired) electrons. The number of halogens is 1. The lowest BCUT2D eigenvalue weighted by molar-refractivity contribution is -0.785. The van der Waals surface area contributed by atoms with Crippen LogP contribution in [0.5, 0.6) is 5.75 Å². The van der Waals surface area contributed by atoms with E-state index in [0.717, 1.165) is 10.5 Å². The maximum Gasteiger partial charge on any atom is 0.342 e. The highest BCUT2D eigenvalue weighted by Crippen LogP contribution is 2.40. The largest absolute Gasteiger partial charge is 1.00 e. The fraction of sp³-hybridized carbons (Fsp3) is 0.211. The van der Waals surface area contributed by atoms with E-state index in [4.69, 9.17) is 9.15 Å². The van der Waals surface area contributed by atoms with Crippen LogP contribution in [0.1, 0.15) is 17.3 Å². The number of carbonyl (C=O) groups excluding carboxylic acids is 1. The molecule has 0 aliphatic carbocycles. The molecule has 0 saturated heterocycles. The summed E-state index contributed by atoms with van der Waals surface area (Å²) in [4.78, 5) is 13.5. The van der Waals surface area contributed by atoms with E-state index in [1.54, 1.807) is 19.1 Å². The molecule has 5 nitrogen and oxygen atoms in total. The fourth-order valence-electron chi connectivity index (χ4n) is 2.88. The fourth-order valence-corrected chi connectivity index (χ4v) is 2.88. The number of quaternary nitrogens is 1. The number of phenols is 1. The van der Waals surface area contributed by atoms with Crippen molar-refractivity contribution < 1.29 is 36.4 Å². The molecule has 0 aliphatic rings. The summed E-state index contributed by atoms with van der Waals surface area (Å²) < 4.78 is 11.2. The number of carbonyl (C=O) groups is 1. The lowest BCUT2D eigenvalue weighted by atomic mass is 10.0. The van der Waals surface area contributed by atoms with Crippen molar-refractivity contribution in [3.05, 3.63) is 48.0 Å². The predicted molar refractivity (Wildman–Crippen MR) is 91.7 cm³/mol. The summed E-state index contributed by atoms with van der Waals surface area (Å²) in [5.41, 5.74) is 2.30. The number of esters is 1. The molecular formula is C19H20ClNO4. The van der Waals surface area contributed by atoms with Crippen molar-refractivity contribution in [2.45, 2.75) is 6.92 Å².